The zero-order valence-corrected chi connectivity index (χ0v) is 16.2. The molecule has 0 fully saturated rings. The topological polar surface area (TPSA) is 79.8 Å². The maximum Gasteiger partial charge on any atom is 0.238 e. The number of hydrogen-bond acceptors (Lipinski definition) is 7. The summed E-state index contributed by atoms with van der Waals surface area (Å²) in [5, 5.41) is 15.1. The van der Waals surface area contributed by atoms with E-state index in [0.29, 0.717) is 17.4 Å². The lowest BCUT2D eigenvalue weighted by atomic mass is 10.2. The number of halogens is 1. The second kappa shape index (κ2) is 8.98. The fourth-order valence-corrected chi connectivity index (χ4v) is 3.99. The van der Waals surface area contributed by atoms with E-state index < -0.39 is 0 Å². The van der Waals surface area contributed by atoms with Crippen LogP contribution in [0.15, 0.2) is 53.0 Å². The van der Waals surface area contributed by atoms with Crippen molar-refractivity contribution in [3.8, 4) is 0 Å². The van der Waals surface area contributed by atoms with Crippen molar-refractivity contribution in [1.82, 2.24) is 15.2 Å². The Kier molecular flexibility index (Phi) is 6.43. The summed E-state index contributed by atoms with van der Waals surface area (Å²) in [7, 11) is 0. The van der Waals surface area contributed by atoms with Crippen LogP contribution in [0.2, 0.25) is 5.02 Å². The molecule has 0 aliphatic rings. The minimum absolute atomic E-state index is 0.154. The van der Waals surface area contributed by atoms with Crippen LogP contribution in [-0.4, -0.2) is 26.3 Å². The molecule has 3 rings (SSSR count). The van der Waals surface area contributed by atoms with E-state index in [1.54, 1.807) is 12.1 Å². The van der Waals surface area contributed by atoms with Crippen molar-refractivity contribution in [3.05, 3.63) is 59.2 Å². The molecule has 0 saturated heterocycles. The first-order valence-electron chi connectivity index (χ1n) is 7.80. The van der Waals surface area contributed by atoms with Crippen LogP contribution in [0.3, 0.4) is 0 Å². The fourth-order valence-electron chi connectivity index (χ4n) is 1.98. The number of pyridine rings is 1. The summed E-state index contributed by atoms with van der Waals surface area (Å²) in [5.41, 5.74) is 1.17. The van der Waals surface area contributed by atoms with Crippen molar-refractivity contribution in [1.29, 1.82) is 0 Å². The van der Waals surface area contributed by atoms with Crippen LogP contribution in [0.25, 0.3) is 0 Å². The molecule has 1 atom stereocenters. The molecule has 0 unspecified atom stereocenters. The van der Waals surface area contributed by atoms with Gasteiger partial charge in [-0.15, -0.1) is 10.2 Å². The smallest absolute Gasteiger partial charge is 0.238 e. The van der Waals surface area contributed by atoms with Gasteiger partial charge in [0, 0.05) is 12.7 Å². The Bertz CT molecular complexity index is 857. The van der Waals surface area contributed by atoms with Crippen LogP contribution in [0.5, 0.6) is 0 Å². The van der Waals surface area contributed by atoms with Gasteiger partial charge in [-0.2, -0.15) is 0 Å². The van der Waals surface area contributed by atoms with Crippen molar-refractivity contribution in [3.63, 3.8) is 0 Å². The number of hydrogen-bond donors (Lipinski definition) is 2. The van der Waals surface area contributed by atoms with Crippen LogP contribution < -0.4 is 10.6 Å². The highest BCUT2D eigenvalue weighted by molar-refractivity contribution is 8.02. The lowest BCUT2D eigenvalue weighted by molar-refractivity contribution is -0.115. The summed E-state index contributed by atoms with van der Waals surface area (Å²) in [4.78, 5) is 16.3. The summed E-state index contributed by atoms with van der Waals surface area (Å²) in [6.07, 6.45) is 1.49. The number of nitrogens with zero attached hydrogens (tertiary/aromatic N) is 3. The summed E-state index contributed by atoms with van der Waals surface area (Å²) < 4.78 is 0.729. The first-order chi connectivity index (χ1) is 12.6. The molecule has 2 aromatic heterocycles. The molecule has 26 heavy (non-hydrogen) atoms. The zero-order chi connectivity index (χ0) is 18.4. The molecular weight excluding hydrogens is 390 g/mol. The van der Waals surface area contributed by atoms with Crippen molar-refractivity contribution in [2.45, 2.75) is 23.1 Å². The van der Waals surface area contributed by atoms with Crippen molar-refractivity contribution < 1.29 is 4.79 Å². The van der Waals surface area contributed by atoms with Gasteiger partial charge in [-0.3, -0.25) is 4.79 Å². The van der Waals surface area contributed by atoms with Gasteiger partial charge in [0.25, 0.3) is 0 Å². The van der Waals surface area contributed by atoms with E-state index in [1.807, 2.05) is 37.3 Å². The van der Waals surface area contributed by atoms with E-state index >= 15 is 0 Å². The van der Waals surface area contributed by atoms with Gasteiger partial charge in [-0.05, 0) is 24.6 Å². The van der Waals surface area contributed by atoms with Crippen molar-refractivity contribution in [2.75, 3.05) is 10.6 Å². The van der Waals surface area contributed by atoms with Crippen LogP contribution in [0, 0.1) is 0 Å². The van der Waals surface area contributed by atoms with Crippen LogP contribution in [-0.2, 0) is 11.3 Å². The first kappa shape index (κ1) is 18.6. The largest absolute Gasteiger partial charge is 0.356 e. The first-order valence-corrected chi connectivity index (χ1v) is 9.88. The lowest BCUT2D eigenvalue weighted by Gasteiger charge is -2.09. The Labute approximate surface area is 164 Å². The molecule has 1 amide bonds. The highest BCUT2D eigenvalue weighted by Gasteiger charge is 2.17. The van der Waals surface area contributed by atoms with Crippen LogP contribution in [0.1, 0.15) is 12.5 Å². The SMILES string of the molecule is C[C@@H](Sc1nnc(NCc2ccccc2)s1)C(=O)Nc1ccc(Cl)cn1. The summed E-state index contributed by atoms with van der Waals surface area (Å²) >= 11 is 8.56. The average molecular weight is 406 g/mol. The van der Waals surface area contributed by atoms with Crippen molar-refractivity contribution >= 4 is 51.6 Å². The number of nitrogens with one attached hydrogen (secondary N) is 2. The van der Waals surface area contributed by atoms with Crippen LogP contribution >= 0.6 is 34.7 Å². The number of carbonyl (C=O) groups excluding carboxylic acids is 1. The molecule has 0 aliphatic heterocycles. The third kappa shape index (κ3) is 5.42. The van der Waals surface area contributed by atoms with E-state index in [9.17, 15) is 4.79 Å². The summed E-state index contributed by atoms with van der Waals surface area (Å²) in [6.45, 7) is 2.49. The van der Waals surface area contributed by atoms with Gasteiger partial charge in [0.2, 0.25) is 11.0 Å². The molecule has 0 aliphatic carbocycles. The number of rotatable bonds is 7. The molecule has 1 aromatic carbocycles. The normalized spacial score (nSPS) is 11.8. The van der Waals surface area contributed by atoms with Gasteiger partial charge in [0.05, 0.1) is 10.3 Å². The van der Waals surface area contributed by atoms with Gasteiger partial charge in [0.1, 0.15) is 5.82 Å². The highest BCUT2D eigenvalue weighted by Crippen LogP contribution is 2.29. The average Bonchev–Trinajstić information content (AvgIpc) is 3.10. The quantitative estimate of drug-likeness (QED) is 0.570. The second-order valence-corrected chi connectivity index (χ2v) is 8.33. The number of aromatic nitrogens is 3. The zero-order valence-electron chi connectivity index (χ0n) is 13.8. The number of carbonyl (C=O) groups is 1. The molecule has 0 saturated carbocycles. The van der Waals surface area contributed by atoms with Crippen molar-refractivity contribution in [2.24, 2.45) is 0 Å². The molecule has 3 aromatic rings. The fraction of sp³-hybridized carbons (Fsp3) is 0.176. The lowest BCUT2D eigenvalue weighted by Crippen LogP contribution is -2.22. The van der Waals surface area contributed by atoms with E-state index in [-0.39, 0.29) is 11.2 Å². The Hall–Kier alpha value is -2.16. The molecule has 2 heterocycles. The Morgan fingerprint density at radius 3 is 2.77 bits per heavy atom. The molecule has 0 spiro atoms. The van der Waals surface area contributed by atoms with Gasteiger partial charge < -0.3 is 10.6 Å². The maximum absolute atomic E-state index is 12.3. The summed E-state index contributed by atoms with van der Waals surface area (Å²) in [5.74, 6) is 0.313. The van der Waals surface area contributed by atoms with E-state index in [2.05, 4.69) is 25.8 Å². The van der Waals surface area contributed by atoms with Gasteiger partial charge >= 0.3 is 0 Å². The Morgan fingerprint density at radius 2 is 2.04 bits per heavy atom. The standard InChI is InChI=1S/C17H16ClN5OS2/c1-11(15(24)21-14-8-7-13(18)10-19-14)25-17-23-22-16(26-17)20-9-12-5-3-2-4-6-12/h2-8,10-11H,9H2,1H3,(H,20,22)(H,19,21,24)/t11-/m1/s1. The van der Waals surface area contributed by atoms with Gasteiger partial charge in [-0.1, -0.05) is 65.0 Å². The predicted molar refractivity (Wildman–Crippen MR) is 107 cm³/mol. The van der Waals surface area contributed by atoms with E-state index in [0.717, 1.165) is 9.47 Å². The Morgan fingerprint density at radius 1 is 1.23 bits per heavy atom. The van der Waals surface area contributed by atoms with Crippen LogP contribution in [0.4, 0.5) is 10.9 Å². The molecule has 134 valence electrons. The minimum atomic E-state index is -0.331. The summed E-state index contributed by atoms with van der Waals surface area (Å²) in [6, 6.07) is 13.4. The molecule has 9 heteroatoms. The van der Waals surface area contributed by atoms with Gasteiger partial charge in [0.15, 0.2) is 4.34 Å². The molecule has 0 radical (unpaired) electrons. The van der Waals surface area contributed by atoms with E-state index in [1.165, 1.54) is 34.9 Å². The minimum Gasteiger partial charge on any atom is -0.356 e. The van der Waals surface area contributed by atoms with E-state index in [4.69, 9.17) is 11.6 Å². The molecule has 2 N–H and O–H groups in total. The molecule has 6 nitrogen and oxygen atoms in total. The van der Waals surface area contributed by atoms with Gasteiger partial charge in [-0.25, -0.2) is 4.98 Å². The third-order valence-corrected chi connectivity index (χ3v) is 5.61. The predicted octanol–water partition coefficient (Wildman–Crippen LogP) is 4.32. The Balaban J connectivity index is 1.51. The number of anilines is 2. The highest BCUT2D eigenvalue weighted by atomic mass is 35.5. The number of amides is 1. The molecule has 0 bridgehead atoms. The monoisotopic (exact) mass is 405 g/mol. The third-order valence-electron chi connectivity index (χ3n) is 3.32. The number of thioether (sulfide) groups is 1. The second-order valence-electron chi connectivity index (χ2n) is 5.32. The molecular formula is C17H16ClN5OS2. The maximum atomic E-state index is 12.3. The number of benzene rings is 1.